The van der Waals surface area contributed by atoms with Crippen molar-refractivity contribution in [3.05, 3.63) is 11.1 Å². The largest absolute Gasteiger partial charge is 0.465 e. The molecule has 0 amide bonds. The summed E-state index contributed by atoms with van der Waals surface area (Å²) in [6, 6.07) is 0. The van der Waals surface area contributed by atoms with E-state index in [9.17, 15) is 34.5 Å². The van der Waals surface area contributed by atoms with Gasteiger partial charge in [-0.2, -0.15) is 0 Å². The summed E-state index contributed by atoms with van der Waals surface area (Å²) >= 11 is 0. The number of fused-ring (bicyclic) bond motifs is 4. The van der Waals surface area contributed by atoms with Gasteiger partial charge in [0.1, 0.15) is 41.4 Å². The predicted octanol–water partition coefficient (Wildman–Crippen LogP) is 2.06. The zero-order valence-corrected chi connectivity index (χ0v) is 25.9. The Morgan fingerprint density at radius 3 is 2.37 bits per heavy atom. The molecule has 0 radical (unpaired) electrons. The average Bonchev–Trinajstić information content (AvgIpc) is 3.61. The number of epoxide rings is 1. The van der Waals surface area contributed by atoms with Crippen molar-refractivity contribution in [1.82, 2.24) is 0 Å². The molecule has 0 aromatic carbocycles. The van der Waals surface area contributed by atoms with Gasteiger partial charge in [0.25, 0.3) is 0 Å². The third kappa shape index (κ3) is 3.62. The van der Waals surface area contributed by atoms with Crippen LogP contribution in [0.2, 0.25) is 0 Å². The summed E-state index contributed by atoms with van der Waals surface area (Å²) in [7, 11) is 0. The first-order chi connectivity index (χ1) is 19.9. The summed E-state index contributed by atoms with van der Waals surface area (Å²) in [5.74, 6) is -2.55. The fourth-order valence-electron chi connectivity index (χ4n) is 10.4. The van der Waals surface area contributed by atoms with Gasteiger partial charge in [-0.25, -0.2) is 4.79 Å². The number of rotatable bonds is 5. The second-order valence-electron chi connectivity index (χ2n) is 14.4. The van der Waals surface area contributed by atoms with E-state index in [1.807, 2.05) is 6.92 Å². The molecule has 11 nitrogen and oxygen atoms in total. The first-order valence-electron chi connectivity index (χ1n) is 15.5. The highest BCUT2D eigenvalue weighted by Crippen LogP contribution is 2.76. The van der Waals surface area contributed by atoms with Gasteiger partial charge >= 0.3 is 17.9 Å². The molecule has 2 aliphatic heterocycles. The van der Waals surface area contributed by atoms with Gasteiger partial charge < -0.3 is 34.3 Å². The van der Waals surface area contributed by atoms with Crippen LogP contribution in [0.5, 0.6) is 0 Å². The molecule has 1 saturated heterocycles. The van der Waals surface area contributed by atoms with Crippen LogP contribution >= 0.6 is 0 Å². The molecule has 0 bridgehead atoms. The van der Waals surface area contributed by atoms with Crippen LogP contribution < -0.4 is 0 Å². The Bertz CT molecular complexity index is 1320. The molecule has 4 aliphatic carbocycles. The number of ether oxygens (including phenoxy) is 4. The fraction of sp³-hybridized carbons (Fsp3) is 0.812. The summed E-state index contributed by atoms with van der Waals surface area (Å²) in [6.07, 6.45) is -0.497. The average molecular weight is 605 g/mol. The van der Waals surface area contributed by atoms with Crippen molar-refractivity contribution in [2.45, 2.75) is 134 Å². The highest BCUT2D eigenvalue weighted by molar-refractivity contribution is 5.90. The number of ketones is 1. The minimum Gasteiger partial charge on any atom is -0.465 e. The SMILES string of the molecule is CC(=O)OC[C@]12CC[C@H]3[C@@H](C[C@H]4O[C@]45[C@@H](OC(C)=O)CCC(=O)[C@]35C)[C@]1(O)CC[C@@]2(O)C(C)(O)C1CC(C)=C(C)C(=O)O1. The van der Waals surface area contributed by atoms with Gasteiger partial charge in [0.05, 0.1) is 22.5 Å². The summed E-state index contributed by atoms with van der Waals surface area (Å²) in [4.78, 5) is 50.7. The van der Waals surface area contributed by atoms with Crippen LogP contribution in [0.1, 0.15) is 92.9 Å². The van der Waals surface area contributed by atoms with Crippen LogP contribution in [-0.4, -0.2) is 86.3 Å². The molecule has 3 N–H and O–H groups in total. The Kier molecular flexibility index (Phi) is 6.66. The number of carbonyl (C=O) groups excluding carboxylic acids is 4. The summed E-state index contributed by atoms with van der Waals surface area (Å²) < 4.78 is 23.3. The van der Waals surface area contributed by atoms with Gasteiger partial charge in [-0.3, -0.25) is 14.4 Å². The minimum absolute atomic E-state index is 0.00352. The van der Waals surface area contributed by atoms with Gasteiger partial charge in [0.15, 0.2) is 0 Å². The predicted molar refractivity (Wildman–Crippen MR) is 148 cm³/mol. The van der Waals surface area contributed by atoms with E-state index in [1.54, 1.807) is 13.8 Å². The van der Waals surface area contributed by atoms with E-state index < -0.39 is 75.4 Å². The molecule has 1 spiro atoms. The maximum Gasteiger partial charge on any atom is 0.334 e. The number of cyclic esters (lactones) is 1. The molecular weight excluding hydrogens is 560 g/mol. The van der Waals surface area contributed by atoms with Gasteiger partial charge in [-0.15, -0.1) is 0 Å². The Morgan fingerprint density at radius 2 is 1.74 bits per heavy atom. The van der Waals surface area contributed by atoms with E-state index in [4.69, 9.17) is 18.9 Å². The second-order valence-corrected chi connectivity index (χ2v) is 14.4. The number of esters is 3. The maximum atomic E-state index is 13.8. The van der Waals surface area contributed by atoms with Crippen molar-refractivity contribution in [1.29, 1.82) is 0 Å². The lowest BCUT2D eigenvalue weighted by Gasteiger charge is -2.64. The normalized spacial score (nSPS) is 48.2. The lowest BCUT2D eigenvalue weighted by molar-refractivity contribution is -0.298. The lowest BCUT2D eigenvalue weighted by atomic mass is 9.41. The molecule has 6 rings (SSSR count). The summed E-state index contributed by atoms with van der Waals surface area (Å²) in [6.45, 7) is 8.95. The molecule has 0 aromatic rings. The van der Waals surface area contributed by atoms with Gasteiger partial charge in [0.2, 0.25) is 0 Å². The van der Waals surface area contributed by atoms with Crippen LogP contribution in [-0.2, 0) is 38.1 Å². The first kappa shape index (κ1) is 30.7. The van der Waals surface area contributed by atoms with Crippen molar-refractivity contribution in [2.75, 3.05) is 6.61 Å². The zero-order valence-electron chi connectivity index (χ0n) is 25.9. The maximum absolute atomic E-state index is 13.8. The van der Waals surface area contributed by atoms with E-state index >= 15 is 0 Å². The second kappa shape index (κ2) is 9.34. The number of Topliss-reactive ketones (excluding diaryl/α,β-unsaturated/α-hetero) is 1. The molecule has 2 heterocycles. The summed E-state index contributed by atoms with van der Waals surface area (Å²) in [5, 5.41) is 37.9. The topological polar surface area (TPSA) is 169 Å². The smallest absolute Gasteiger partial charge is 0.334 e. The molecule has 4 saturated carbocycles. The number of carbonyl (C=O) groups is 4. The highest BCUT2D eigenvalue weighted by Gasteiger charge is 2.86. The Hall–Kier alpha value is -2.34. The van der Waals surface area contributed by atoms with Crippen molar-refractivity contribution >= 4 is 23.7 Å². The van der Waals surface area contributed by atoms with Crippen LogP contribution in [0.4, 0.5) is 0 Å². The molecule has 0 aromatic heterocycles. The number of hydrogen-bond donors (Lipinski definition) is 3. The molecule has 6 aliphatic rings. The van der Waals surface area contributed by atoms with Crippen LogP contribution in [0.3, 0.4) is 0 Å². The quantitative estimate of drug-likeness (QED) is 0.239. The highest BCUT2D eigenvalue weighted by atomic mass is 16.7. The molecule has 238 valence electrons. The van der Waals surface area contributed by atoms with E-state index in [0.29, 0.717) is 24.8 Å². The fourth-order valence-corrected chi connectivity index (χ4v) is 10.4. The van der Waals surface area contributed by atoms with E-state index in [0.717, 1.165) is 5.57 Å². The third-order valence-electron chi connectivity index (χ3n) is 12.9. The van der Waals surface area contributed by atoms with Crippen molar-refractivity contribution < 1.29 is 53.4 Å². The third-order valence-corrected chi connectivity index (χ3v) is 12.9. The Morgan fingerprint density at radius 1 is 1.05 bits per heavy atom. The van der Waals surface area contributed by atoms with Crippen LogP contribution in [0, 0.1) is 22.7 Å². The number of aliphatic hydroxyl groups is 3. The van der Waals surface area contributed by atoms with E-state index in [2.05, 4.69) is 0 Å². The molecule has 2 unspecified atom stereocenters. The number of hydrogen-bond acceptors (Lipinski definition) is 11. The zero-order chi connectivity index (χ0) is 31.5. The van der Waals surface area contributed by atoms with Gasteiger partial charge in [-0.05, 0) is 78.1 Å². The molecular formula is C32H44O11. The van der Waals surface area contributed by atoms with Crippen molar-refractivity contribution in [3.8, 4) is 0 Å². The van der Waals surface area contributed by atoms with Crippen LogP contribution in [0.15, 0.2) is 11.1 Å². The van der Waals surface area contributed by atoms with Crippen molar-refractivity contribution in [2.24, 2.45) is 22.7 Å². The molecule has 43 heavy (non-hydrogen) atoms. The Balaban J connectivity index is 1.43. The first-order valence-corrected chi connectivity index (χ1v) is 15.5. The van der Waals surface area contributed by atoms with Gasteiger partial charge in [0, 0.05) is 32.3 Å². The lowest BCUT2D eigenvalue weighted by Crippen LogP contribution is -2.76. The molecule has 11 heteroatoms. The minimum atomic E-state index is -2.03. The summed E-state index contributed by atoms with van der Waals surface area (Å²) in [5.41, 5.74) is -8.10. The Labute approximate surface area is 251 Å². The van der Waals surface area contributed by atoms with E-state index in [-0.39, 0.29) is 50.4 Å². The van der Waals surface area contributed by atoms with Crippen LogP contribution in [0.25, 0.3) is 0 Å². The molecule has 5 fully saturated rings. The molecule has 11 atom stereocenters. The standard InChI is InChI=1S/C32H44O11/c1-16-13-24(42-26(36)17(16)2)28(6,37)31(39)12-11-30(38)21-14-25-32(43-25)23(41-19(4)34)8-7-22(35)27(32,5)20(21)9-10-29(30,31)15-40-18(3)33/h20-21,23-25,37-39H,7-15H2,1-6H3/t20-,21+,23-,24?,25+,27-,28?,29+,30+,31+,32+/m0/s1. The van der Waals surface area contributed by atoms with Gasteiger partial charge in [-0.1, -0.05) is 5.57 Å². The van der Waals surface area contributed by atoms with E-state index in [1.165, 1.54) is 20.8 Å². The monoisotopic (exact) mass is 604 g/mol. The van der Waals surface area contributed by atoms with Crippen molar-refractivity contribution in [3.63, 3.8) is 0 Å².